The van der Waals surface area contributed by atoms with Crippen LogP contribution in [-0.4, -0.2) is 17.0 Å². The minimum atomic E-state index is -0.415. The molecule has 0 aliphatic rings. The van der Waals surface area contributed by atoms with Gasteiger partial charge in [0.15, 0.2) is 9.09 Å². The SMILES string of the molecule is CN(c1ccccc1)c1nc(=O)[nH]c(=S)s1. The van der Waals surface area contributed by atoms with Gasteiger partial charge >= 0.3 is 5.69 Å². The molecule has 1 N–H and O–H groups in total. The van der Waals surface area contributed by atoms with E-state index in [4.69, 9.17) is 12.2 Å². The van der Waals surface area contributed by atoms with E-state index in [-0.39, 0.29) is 0 Å². The number of H-pyrrole nitrogens is 1. The third-order valence-corrected chi connectivity index (χ3v) is 3.21. The number of aromatic amines is 1. The van der Waals surface area contributed by atoms with E-state index < -0.39 is 5.69 Å². The molecule has 0 radical (unpaired) electrons. The van der Waals surface area contributed by atoms with Crippen molar-refractivity contribution in [3.63, 3.8) is 0 Å². The van der Waals surface area contributed by atoms with Gasteiger partial charge in [0.1, 0.15) is 0 Å². The molecule has 0 unspecified atom stereocenters. The van der Waals surface area contributed by atoms with Crippen LogP contribution in [0, 0.1) is 3.95 Å². The summed E-state index contributed by atoms with van der Waals surface area (Å²) in [5, 5.41) is 0.583. The Kier molecular flexibility index (Phi) is 3.12. The first-order valence-corrected chi connectivity index (χ1v) is 5.79. The third kappa shape index (κ3) is 2.34. The maximum Gasteiger partial charge on any atom is 0.349 e. The van der Waals surface area contributed by atoms with Crippen LogP contribution >= 0.6 is 23.6 Å². The molecular weight excluding hydrogens is 242 g/mol. The number of anilines is 2. The molecule has 82 valence electrons. The Bertz CT molecular complexity index is 563. The predicted octanol–water partition coefficient (Wildman–Crippen LogP) is 2.33. The highest BCUT2D eigenvalue weighted by Crippen LogP contribution is 2.23. The lowest BCUT2D eigenvalue weighted by Crippen LogP contribution is -2.16. The summed E-state index contributed by atoms with van der Waals surface area (Å²) in [6.07, 6.45) is 0. The highest BCUT2D eigenvalue weighted by Gasteiger charge is 2.06. The quantitative estimate of drug-likeness (QED) is 0.832. The molecule has 2 aromatic rings. The summed E-state index contributed by atoms with van der Waals surface area (Å²) in [6.45, 7) is 0. The van der Waals surface area contributed by atoms with E-state index >= 15 is 0 Å². The highest BCUT2D eigenvalue weighted by atomic mass is 32.1. The zero-order valence-corrected chi connectivity index (χ0v) is 10.1. The molecule has 6 heteroatoms. The number of para-hydroxylation sites is 1. The lowest BCUT2D eigenvalue weighted by Gasteiger charge is -2.16. The minimum absolute atomic E-state index is 0.415. The van der Waals surface area contributed by atoms with Gasteiger partial charge in [0.05, 0.1) is 0 Å². The van der Waals surface area contributed by atoms with Crippen molar-refractivity contribution in [1.29, 1.82) is 0 Å². The number of rotatable bonds is 2. The Morgan fingerprint density at radius 3 is 2.69 bits per heavy atom. The molecule has 1 heterocycles. The predicted molar refractivity (Wildman–Crippen MR) is 68.1 cm³/mol. The number of hydrogen-bond acceptors (Lipinski definition) is 5. The van der Waals surface area contributed by atoms with E-state index in [0.29, 0.717) is 9.09 Å². The second-order valence-corrected chi connectivity index (χ2v) is 4.75. The number of hydrogen-bond donors (Lipinski definition) is 1. The summed E-state index contributed by atoms with van der Waals surface area (Å²) < 4.78 is 0.429. The molecule has 0 atom stereocenters. The molecule has 0 saturated heterocycles. The van der Waals surface area contributed by atoms with Crippen LogP contribution in [0.3, 0.4) is 0 Å². The van der Waals surface area contributed by atoms with Crippen molar-refractivity contribution >= 4 is 34.4 Å². The van der Waals surface area contributed by atoms with E-state index in [1.807, 2.05) is 42.3 Å². The number of nitrogens with one attached hydrogen (secondary N) is 1. The fourth-order valence-electron chi connectivity index (χ4n) is 1.24. The van der Waals surface area contributed by atoms with Gasteiger partial charge < -0.3 is 4.90 Å². The van der Waals surface area contributed by atoms with Gasteiger partial charge in [-0.3, -0.25) is 4.98 Å². The maximum atomic E-state index is 11.2. The van der Waals surface area contributed by atoms with Crippen LogP contribution in [0.4, 0.5) is 10.8 Å². The summed E-state index contributed by atoms with van der Waals surface area (Å²) in [6, 6.07) is 9.68. The van der Waals surface area contributed by atoms with E-state index in [9.17, 15) is 4.79 Å². The van der Waals surface area contributed by atoms with Crippen molar-refractivity contribution in [1.82, 2.24) is 9.97 Å². The van der Waals surface area contributed by atoms with Gasteiger partial charge in [-0.05, 0) is 24.4 Å². The zero-order chi connectivity index (χ0) is 11.5. The van der Waals surface area contributed by atoms with Crippen LogP contribution in [0.25, 0.3) is 0 Å². The Morgan fingerprint density at radius 2 is 2.06 bits per heavy atom. The average Bonchev–Trinajstić information content (AvgIpc) is 2.28. The Balaban J connectivity index is 2.45. The van der Waals surface area contributed by atoms with E-state index in [1.165, 1.54) is 11.3 Å². The molecule has 0 aliphatic carbocycles. The molecule has 0 spiro atoms. The smallest absolute Gasteiger partial charge is 0.321 e. The normalized spacial score (nSPS) is 10.1. The number of aromatic nitrogens is 2. The summed E-state index contributed by atoms with van der Waals surface area (Å²) in [5.41, 5.74) is 0.549. The second kappa shape index (κ2) is 4.54. The van der Waals surface area contributed by atoms with Gasteiger partial charge in [0, 0.05) is 12.7 Å². The molecular formula is C10H9N3OS2. The van der Waals surface area contributed by atoms with Crippen molar-refractivity contribution in [2.24, 2.45) is 0 Å². The molecule has 0 bridgehead atoms. The molecule has 0 saturated carbocycles. The highest BCUT2D eigenvalue weighted by molar-refractivity contribution is 7.73. The van der Waals surface area contributed by atoms with Crippen LogP contribution in [0.1, 0.15) is 0 Å². The first-order valence-electron chi connectivity index (χ1n) is 4.57. The van der Waals surface area contributed by atoms with Gasteiger partial charge in [-0.15, -0.1) is 0 Å². The Morgan fingerprint density at radius 1 is 1.38 bits per heavy atom. The average molecular weight is 251 g/mol. The van der Waals surface area contributed by atoms with Crippen molar-refractivity contribution in [3.8, 4) is 0 Å². The second-order valence-electron chi connectivity index (χ2n) is 3.11. The van der Waals surface area contributed by atoms with Gasteiger partial charge in [0.2, 0.25) is 0 Å². The first kappa shape index (κ1) is 11.0. The van der Waals surface area contributed by atoms with E-state index in [1.54, 1.807) is 0 Å². The molecule has 0 aliphatic heterocycles. The fraction of sp³-hybridized carbons (Fsp3) is 0.100. The van der Waals surface area contributed by atoms with Crippen molar-refractivity contribution in [2.75, 3.05) is 11.9 Å². The molecule has 1 aromatic carbocycles. The van der Waals surface area contributed by atoms with Crippen LogP contribution in [0.15, 0.2) is 35.1 Å². The van der Waals surface area contributed by atoms with Gasteiger partial charge in [0.25, 0.3) is 0 Å². The summed E-state index contributed by atoms with van der Waals surface area (Å²) >= 11 is 6.22. The lowest BCUT2D eigenvalue weighted by atomic mass is 10.3. The molecule has 2 rings (SSSR count). The molecule has 16 heavy (non-hydrogen) atoms. The largest absolute Gasteiger partial charge is 0.349 e. The topological polar surface area (TPSA) is 49.0 Å². The van der Waals surface area contributed by atoms with Crippen LogP contribution in [0.2, 0.25) is 0 Å². The van der Waals surface area contributed by atoms with Crippen LogP contribution in [-0.2, 0) is 0 Å². The van der Waals surface area contributed by atoms with Crippen molar-refractivity contribution in [3.05, 3.63) is 44.8 Å². The number of nitrogens with zero attached hydrogens (tertiary/aromatic N) is 2. The monoisotopic (exact) mass is 251 g/mol. The lowest BCUT2D eigenvalue weighted by molar-refractivity contribution is 1.06. The van der Waals surface area contributed by atoms with Crippen molar-refractivity contribution in [2.45, 2.75) is 0 Å². The maximum absolute atomic E-state index is 11.2. The zero-order valence-electron chi connectivity index (χ0n) is 8.51. The summed E-state index contributed by atoms with van der Waals surface area (Å²) in [4.78, 5) is 19.4. The number of benzene rings is 1. The molecule has 0 amide bonds. The Hall–Kier alpha value is -1.53. The van der Waals surface area contributed by atoms with Gasteiger partial charge in [-0.25, -0.2) is 4.79 Å². The van der Waals surface area contributed by atoms with E-state index in [2.05, 4.69) is 9.97 Å². The summed E-state index contributed by atoms with van der Waals surface area (Å²) in [7, 11) is 1.85. The first-order chi connectivity index (χ1) is 7.66. The standard InChI is InChI=1S/C10H9N3OS2/c1-13(7-5-3-2-4-6-7)9-11-8(14)12-10(15)16-9/h2-6H,1H3,(H,12,14,15). The third-order valence-electron chi connectivity index (χ3n) is 2.02. The molecule has 4 nitrogen and oxygen atoms in total. The fourth-order valence-corrected chi connectivity index (χ4v) is 2.22. The van der Waals surface area contributed by atoms with Crippen molar-refractivity contribution < 1.29 is 0 Å². The molecule has 0 fully saturated rings. The Labute approximate surface area is 101 Å². The van der Waals surface area contributed by atoms with Gasteiger partial charge in [-0.2, -0.15) is 4.98 Å². The minimum Gasteiger partial charge on any atom is -0.321 e. The molecule has 1 aromatic heterocycles. The van der Waals surface area contributed by atoms with E-state index in [0.717, 1.165) is 5.69 Å². The van der Waals surface area contributed by atoms with Crippen LogP contribution in [0.5, 0.6) is 0 Å². The van der Waals surface area contributed by atoms with Crippen LogP contribution < -0.4 is 10.6 Å². The summed E-state index contributed by atoms with van der Waals surface area (Å²) in [5.74, 6) is 0. The van der Waals surface area contributed by atoms with Gasteiger partial charge in [-0.1, -0.05) is 29.5 Å².